The Kier molecular flexibility index (Phi) is 4.60. The van der Waals surface area contributed by atoms with Gasteiger partial charge < -0.3 is 0 Å². The molecule has 0 aromatic carbocycles. The van der Waals surface area contributed by atoms with Crippen LogP contribution in [0, 0.1) is 11.3 Å². The van der Waals surface area contributed by atoms with Crippen LogP contribution in [0.5, 0.6) is 0 Å². The molecule has 1 unspecified atom stereocenters. The summed E-state index contributed by atoms with van der Waals surface area (Å²) in [4.78, 5) is 16.8. The van der Waals surface area contributed by atoms with E-state index in [0.29, 0.717) is 29.9 Å². The number of alkyl halides is 2. The Morgan fingerprint density at radius 1 is 1.32 bits per heavy atom. The molecule has 3 aromatic rings. The van der Waals surface area contributed by atoms with E-state index in [9.17, 15) is 13.6 Å². The number of pyridine rings is 1. The third-order valence-corrected chi connectivity index (χ3v) is 3.91. The summed E-state index contributed by atoms with van der Waals surface area (Å²) in [5.41, 5.74) is -2.18. The van der Waals surface area contributed by atoms with Crippen LogP contribution >= 0.6 is 9.24 Å². The third kappa shape index (κ3) is 3.72. The molecule has 9 heteroatoms. The van der Waals surface area contributed by atoms with E-state index in [2.05, 4.69) is 10.1 Å². The summed E-state index contributed by atoms with van der Waals surface area (Å²) >= 11 is 0. The zero-order valence-electron chi connectivity index (χ0n) is 13.1. The molecule has 0 aliphatic carbocycles. The highest BCUT2D eigenvalue weighted by molar-refractivity contribution is 7.17. The molecule has 6 nitrogen and oxygen atoms in total. The van der Waals surface area contributed by atoms with Crippen molar-refractivity contribution in [2.45, 2.75) is 25.1 Å². The normalized spacial score (nSPS) is 11.6. The molecule has 0 saturated heterocycles. The van der Waals surface area contributed by atoms with E-state index >= 15 is 0 Å². The summed E-state index contributed by atoms with van der Waals surface area (Å²) in [6.45, 7) is 0.106. The fourth-order valence-electron chi connectivity index (χ4n) is 2.52. The summed E-state index contributed by atoms with van der Waals surface area (Å²) in [5.74, 6) is 0. The van der Waals surface area contributed by atoms with Crippen LogP contribution in [0.3, 0.4) is 0 Å². The summed E-state index contributed by atoms with van der Waals surface area (Å²) < 4.78 is 29.2. The summed E-state index contributed by atoms with van der Waals surface area (Å²) in [5, 5.41) is 12.5. The van der Waals surface area contributed by atoms with Gasteiger partial charge in [0.05, 0.1) is 18.3 Å². The monoisotopic (exact) mass is 361 g/mol. The fourth-order valence-corrected chi connectivity index (χ4v) is 2.68. The molecule has 25 heavy (non-hydrogen) atoms. The Labute approximate surface area is 143 Å². The van der Waals surface area contributed by atoms with Crippen molar-refractivity contribution in [1.82, 2.24) is 19.2 Å². The molecule has 3 rings (SSSR count). The van der Waals surface area contributed by atoms with Crippen LogP contribution in [-0.2, 0) is 18.6 Å². The molecule has 0 fully saturated rings. The minimum Gasteiger partial charge on any atom is -0.269 e. The third-order valence-electron chi connectivity index (χ3n) is 3.62. The predicted molar refractivity (Wildman–Crippen MR) is 90.3 cm³/mol. The van der Waals surface area contributed by atoms with E-state index in [1.165, 1.54) is 36.7 Å². The predicted octanol–water partition coefficient (Wildman–Crippen LogP) is 2.32. The number of fused-ring (bicyclic) bond motifs is 1. The van der Waals surface area contributed by atoms with Gasteiger partial charge in [-0.25, -0.2) is 4.98 Å². The molecule has 128 valence electrons. The molecule has 0 N–H and O–H groups in total. The second-order valence-electron chi connectivity index (χ2n) is 5.48. The van der Waals surface area contributed by atoms with Crippen molar-refractivity contribution in [1.29, 1.82) is 5.26 Å². The number of hydrogen-bond donors (Lipinski definition) is 0. The number of aromatic nitrogens is 4. The molecule has 0 aliphatic heterocycles. The van der Waals surface area contributed by atoms with Gasteiger partial charge in [0.2, 0.25) is 0 Å². The smallest absolute Gasteiger partial charge is 0.269 e. The van der Waals surface area contributed by atoms with E-state index in [1.54, 1.807) is 18.2 Å². The van der Waals surface area contributed by atoms with Gasteiger partial charge in [-0.2, -0.15) is 19.1 Å². The Morgan fingerprint density at radius 3 is 2.80 bits per heavy atom. The molecule has 0 spiro atoms. The summed E-state index contributed by atoms with van der Waals surface area (Å²) in [6.07, 6.45) is 2.16. The number of halogens is 2. The van der Waals surface area contributed by atoms with E-state index < -0.39 is 5.66 Å². The maximum atomic E-state index is 13.2. The maximum Gasteiger partial charge on any atom is 0.302 e. The minimum atomic E-state index is -3.10. The van der Waals surface area contributed by atoms with E-state index in [-0.39, 0.29) is 17.8 Å². The molecule has 0 radical (unpaired) electrons. The van der Waals surface area contributed by atoms with Crippen molar-refractivity contribution in [3.63, 3.8) is 0 Å². The number of aryl methyl sites for hydroxylation is 1. The lowest BCUT2D eigenvalue weighted by Crippen LogP contribution is -2.20. The van der Waals surface area contributed by atoms with Gasteiger partial charge in [0.25, 0.3) is 5.56 Å². The molecule has 3 aromatic heterocycles. The van der Waals surface area contributed by atoms with Crippen LogP contribution in [0.2, 0.25) is 0 Å². The molecule has 1 atom stereocenters. The van der Waals surface area contributed by atoms with Crippen LogP contribution in [-0.4, -0.2) is 19.2 Å². The van der Waals surface area contributed by atoms with Crippen LogP contribution in [0.4, 0.5) is 8.78 Å². The standard InChI is InChI=1S/C16H14F2N5OP/c17-16(18,25)13-6-8-22(21-13)10-11-9-15(24)23-12(4-2-7-19)3-1-5-14(23)20-11/h1,3,5-6,8-9H,2,4,10,25H2. The van der Waals surface area contributed by atoms with Gasteiger partial charge >= 0.3 is 5.66 Å². The number of nitriles is 1. The molecular formula is C16H14F2N5OP. The van der Waals surface area contributed by atoms with Gasteiger partial charge in [0, 0.05) is 30.8 Å². The van der Waals surface area contributed by atoms with Gasteiger partial charge in [-0.3, -0.25) is 13.9 Å². The largest absolute Gasteiger partial charge is 0.302 e. The number of nitrogens with zero attached hydrogens (tertiary/aromatic N) is 5. The number of hydrogen-bond acceptors (Lipinski definition) is 4. The van der Waals surface area contributed by atoms with E-state index in [4.69, 9.17) is 5.26 Å². The molecule has 0 aliphatic rings. The van der Waals surface area contributed by atoms with Gasteiger partial charge in [-0.15, -0.1) is 0 Å². The van der Waals surface area contributed by atoms with Crippen molar-refractivity contribution in [2.24, 2.45) is 0 Å². The molecule has 0 bridgehead atoms. The van der Waals surface area contributed by atoms with Crippen molar-refractivity contribution in [2.75, 3.05) is 0 Å². The van der Waals surface area contributed by atoms with Crippen molar-refractivity contribution < 1.29 is 8.78 Å². The Morgan fingerprint density at radius 2 is 2.12 bits per heavy atom. The molecular weight excluding hydrogens is 347 g/mol. The average Bonchev–Trinajstić information content (AvgIpc) is 3.01. The van der Waals surface area contributed by atoms with Crippen LogP contribution in [0.1, 0.15) is 23.5 Å². The minimum absolute atomic E-state index is 0.106. The topological polar surface area (TPSA) is 76.0 Å². The van der Waals surface area contributed by atoms with Crippen LogP contribution < -0.4 is 5.56 Å². The quantitative estimate of drug-likeness (QED) is 0.654. The summed E-state index contributed by atoms with van der Waals surface area (Å²) in [7, 11) is 1.44. The zero-order valence-corrected chi connectivity index (χ0v) is 14.2. The van der Waals surface area contributed by atoms with Gasteiger partial charge in [-0.05, 0) is 18.2 Å². The van der Waals surface area contributed by atoms with Gasteiger partial charge in [0.1, 0.15) is 11.3 Å². The van der Waals surface area contributed by atoms with Gasteiger partial charge in [-0.1, -0.05) is 15.3 Å². The Balaban J connectivity index is 1.95. The highest BCUT2D eigenvalue weighted by atomic mass is 31.0. The first kappa shape index (κ1) is 17.2. The first-order valence-electron chi connectivity index (χ1n) is 7.46. The Bertz CT molecular complexity index is 1020. The average molecular weight is 361 g/mol. The first-order chi connectivity index (χ1) is 11.9. The lowest BCUT2D eigenvalue weighted by atomic mass is 10.2. The maximum absolute atomic E-state index is 13.2. The second kappa shape index (κ2) is 6.69. The zero-order chi connectivity index (χ0) is 18.0. The SMILES string of the molecule is N#CCCc1cccc2nc(Cn3ccc(C(F)(F)P)n3)cc(=O)n12. The van der Waals surface area contributed by atoms with Crippen LogP contribution in [0.15, 0.2) is 41.3 Å². The fraction of sp³-hybridized carbons (Fsp3) is 0.250. The lowest BCUT2D eigenvalue weighted by molar-refractivity contribution is 0.0977. The molecule has 3 heterocycles. The van der Waals surface area contributed by atoms with Crippen molar-refractivity contribution in [3.8, 4) is 6.07 Å². The Hall–Kier alpha value is -2.65. The van der Waals surface area contributed by atoms with E-state index in [1.807, 2.05) is 6.07 Å². The van der Waals surface area contributed by atoms with E-state index in [0.717, 1.165) is 0 Å². The van der Waals surface area contributed by atoms with Crippen molar-refractivity contribution in [3.05, 3.63) is 64.0 Å². The number of rotatable bonds is 5. The first-order valence-corrected chi connectivity index (χ1v) is 8.04. The van der Waals surface area contributed by atoms with Crippen LogP contribution in [0.25, 0.3) is 5.65 Å². The molecule has 0 saturated carbocycles. The highest BCUT2D eigenvalue weighted by Crippen LogP contribution is 2.33. The lowest BCUT2D eigenvalue weighted by Gasteiger charge is -2.09. The molecule has 0 amide bonds. The summed E-state index contributed by atoms with van der Waals surface area (Å²) in [6, 6.07) is 9.84. The second-order valence-corrected chi connectivity index (χ2v) is 6.20. The van der Waals surface area contributed by atoms with Gasteiger partial charge in [0.15, 0.2) is 0 Å². The van der Waals surface area contributed by atoms with Crippen molar-refractivity contribution >= 4 is 14.9 Å². The highest BCUT2D eigenvalue weighted by Gasteiger charge is 2.27.